The number of benzene rings is 1. The van der Waals surface area contributed by atoms with Crippen LogP contribution in [0.15, 0.2) is 24.3 Å². The largest absolute Gasteiger partial charge is 0.496 e. The summed E-state index contributed by atoms with van der Waals surface area (Å²) in [6, 6.07) is 3.65. The molecule has 0 aliphatic carbocycles. The van der Waals surface area contributed by atoms with Gasteiger partial charge in [-0.05, 0) is 19.9 Å². The molecule has 3 N–H and O–H groups in total. The Morgan fingerprint density at radius 1 is 1.14 bits per heavy atom. The van der Waals surface area contributed by atoms with Crippen LogP contribution in [0.5, 0.6) is 17.2 Å². The van der Waals surface area contributed by atoms with Crippen LogP contribution < -0.4 is 25.3 Å². The first-order valence-corrected chi connectivity index (χ1v) is 7.06. The quantitative estimate of drug-likeness (QED) is 0.540. The lowest BCUT2D eigenvalue weighted by molar-refractivity contribution is 0.358. The molecule has 0 fully saturated rings. The Bertz CT molecular complexity index is 436. The minimum atomic E-state index is -0.0361. The number of methoxy groups -OCH3 is 3. The first-order chi connectivity index (χ1) is 10.2. The van der Waals surface area contributed by atoms with Crippen LogP contribution in [0, 0.1) is 0 Å². The first-order valence-electron chi connectivity index (χ1n) is 7.06. The fraction of sp³-hybridized carbons (Fsp3) is 0.500. The summed E-state index contributed by atoms with van der Waals surface area (Å²) in [6.07, 6.45) is 5.10. The Hall–Kier alpha value is -1.72. The Morgan fingerprint density at radius 2 is 1.76 bits per heavy atom. The molecule has 0 amide bonds. The maximum Gasteiger partial charge on any atom is 0.131 e. The van der Waals surface area contributed by atoms with E-state index in [1.165, 1.54) is 0 Å². The topological polar surface area (TPSA) is 65.7 Å². The van der Waals surface area contributed by atoms with Crippen molar-refractivity contribution in [2.24, 2.45) is 5.73 Å². The smallest absolute Gasteiger partial charge is 0.131 e. The van der Waals surface area contributed by atoms with E-state index in [9.17, 15) is 0 Å². The van der Waals surface area contributed by atoms with Crippen molar-refractivity contribution in [2.75, 3.05) is 34.4 Å². The molecule has 0 radical (unpaired) electrons. The maximum atomic E-state index is 5.91. The Kier molecular flexibility index (Phi) is 7.64. The van der Waals surface area contributed by atoms with Crippen molar-refractivity contribution in [3.05, 3.63) is 29.8 Å². The van der Waals surface area contributed by atoms with E-state index in [0.717, 1.165) is 18.5 Å². The van der Waals surface area contributed by atoms with Gasteiger partial charge in [-0.2, -0.15) is 0 Å². The Labute approximate surface area is 127 Å². The lowest BCUT2D eigenvalue weighted by Gasteiger charge is -2.22. The zero-order chi connectivity index (χ0) is 15.7. The Morgan fingerprint density at radius 3 is 2.19 bits per heavy atom. The second-order valence-electron chi connectivity index (χ2n) is 4.55. The van der Waals surface area contributed by atoms with Gasteiger partial charge in [0.25, 0.3) is 0 Å². The highest BCUT2D eigenvalue weighted by Crippen LogP contribution is 2.37. The molecule has 0 saturated carbocycles. The number of ether oxygens (including phenoxy) is 3. The van der Waals surface area contributed by atoms with E-state index >= 15 is 0 Å². The van der Waals surface area contributed by atoms with E-state index < -0.39 is 0 Å². The first kappa shape index (κ1) is 17.3. The summed E-state index contributed by atoms with van der Waals surface area (Å²) in [7, 11) is 4.87. The predicted octanol–water partition coefficient (Wildman–Crippen LogP) is 2.27. The van der Waals surface area contributed by atoms with Crippen molar-refractivity contribution in [1.82, 2.24) is 5.32 Å². The molecule has 5 heteroatoms. The predicted molar refractivity (Wildman–Crippen MR) is 85.3 cm³/mol. The van der Waals surface area contributed by atoms with Crippen LogP contribution in [-0.4, -0.2) is 34.4 Å². The molecule has 0 aliphatic heterocycles. The SMILES string of the molecule is C/C=C/CCNC(CN)c1c(OC)cc(OC)cc1OC. The minimum Gasteiger partial charge on any atom is -0.496 e. The highest BCUT2D eigenvalue weighted by Gasteiger charge is 2.21. The van der Waals surface area contributed by atoms with Crippen LogP contribution in [0.2, 0.25) is 0 Å². The van der Waals surface area contributed by atoms with Gasteiger partial charge in [0.2, 0.25) is 0 Å². The third-order valence-corrected chi connectivity index (χ3v) is 3.27. The highest BCUT2D eigenvalue weighted by molar-refractivity contribution is 5.52. The number of hydrogen-bond acceptors (Lipinski definition) is 5. The average molecular weight is 294 g/mol. The van der Waals surface area contributed by atoms with Gasteiger partial charge in [-0.1, -0.05) is 12.2 Å². The minimum absolute atomic E-state index is 0.0361. The summed E-state index contributed by atoms with van der Waals surface area (Å²) in [6.45, 7) is 3.30. The van der Waals surface area contributed by atoms with Gasteiger partial charge >= 0.3 is 0 Å². The summed E-state index contributed by atoms with van der Waals surface area (Å²) in [5, 5.41) is 3.43. The molecule has 0 heterocycles. The second-order valence-corrected chi connectivity index (χ2v) is 4.55. The van der Waals surface area contributed by atoms with E-state index in [2.05, 4.69) is 11.4 Å². The molecule has 5 nitrogen and oxygen atoms in total. The summed E-state index contributed by atoms with van der Waals surface area (Å²) < 4.78 is 16.2. The van der Waals surface area contributed by atoms with Crippen molar-refractivity contribution in [3.63, 3.8) is 0 Å². The van der Waals surface area contributed by atoms with Crippen LogP contribution >= 0.6 is 0 Å². The average Bonchev–Trinajstić information content (AvgIpc) is 2.54. The highest BCUT2D eigenvalue weighted by atomic mass is 16.5. The zero-order valence-corrected chi connectivity index (χ0v) is 13.3. The number of rotatable bonds is 9. The van der Waals surface area contributed by atoms with Gasteiger partial charge in [0.1, 0.15) is 17.2 Å². The number of nitrogens with two attached hydrogens (primary N) is 1. The Balaban J connectivity index is 3.05. The van der Waals surface area contributed by atoms with Crippen molar-refractivity contribution >= 4 is 0 Å². The van der Waals surface area contributed by atoms with E-state index in [-0.39, 0.29) is 6.04 Å². The molecule has 0 aromatic heterocycles. The van der Waals surface area contributed by atoms with E-state index in [4.69, 9.17) is 19.9 Å². The van der Waals surface area contributed by atoms with Crippen LogP contribution in [0.25, 0.3) is 0 Å². The third-order valence-electron chi connectivity index (χ3n) is 3.27. The van der Waals surface area contributed by atoms with Gasteiger partial charge in [0, 0.05) is 18.7 Å². The van der Waals surface area contributed by atoms with Gasteiger partial charge in [0.05, 0.1) is 32.9 Å². The van der Waals surface area contributed by atoms with E-state index in [0.29, 0.717) is 23.8 Å². The standard InChI is InChI=1S/C16H26N2O3/c1-5-6-7-8-18-13(11-17)16-14(20-3)9-12(19-2)10-15(16)21-4/h5-6,9-10,13,18H,7-8,11,17H2,1-4H3/b6-5+. The molecule has 118 valence electrons. The van der Waals surface area contributed by atoms with Crippen LogP contribution in [0.3, 0.4) is 0 Å². The lowest BCUT2D eigenvalue weighted by atomic mass is 10.0. The molecule has 1 rings (SSSR count). The van der Waals surface area contributed by atoms with Gasteiger partial charge in [-0.3, -0.25) is 0 Å². The maximum absolute atomic E-state index is 5.91. The molecule has 1 unspecified atom stereocenters. The van der Waals surface area contributed by atoms with E-state index in [1.54, 1.807) is 21.3 Å². The summed E-state index contributed by atoms with van der Waals surface area (Å²) in [5.74, 6) is 2.11. The molecule has 0 aliphatic rings. The fourth-order valence-corrected chi connectivity index (χ4v) is 2.19. The monoisotopic (exact) mass is 294 g/mol. The molecule has 1 aromatic carbocycles. The summed E-state index contributed by atoms with van der Waals surface area (Å²) in [5.41, 5.74) is 6.83. The van der Waals surface area contributed by atoms with Crippen LogP contribution in [-0.2, 0) is 0 Å². The van der Waals surface area contributed by atoms with E-state index in [1.807, 2.05) is 25.1 Å². The molecule has 0 spiro atoms. The molecule has 0 bridgehead atoms. The summed E-state index contributed by atoms with van der Waals surface area (Å²) in [4.78, 5) is 0. The zero-order valence-electron chi connectivity index (χ0n) is 13.3. The van der Waals surface area contributed by atoms with Gasteiger partial charge in [-0.15, -0.1) is 0 Å². The molecule has 21 heavy (non-hydrogen) atoms. The van der Waals surface area contributed by atoms with Gasteiger partial charge in [0.15, 0.2) is 0 Å². The van der Waals surface area contributed by atoms with Gasteiger partial charge < -0.3 is 25.3 Å². The molecule has 1 aromatic rings. The van der Waals surface area contributed by atoms with Crippen molar-refractivity contribution in [1.29, 1.82) is 0 Å². The second kappa shape index (κ2) is 9.26. The fourth-order valence-electron chi connectivity index (χ4n) is 2.19. The lowest BCUT2D eigenvalue weighted by Crippen LogP contribution is -2.29. The number of allylic oxidation sites excluding steroid dienone is 1. The normalized spacial score (nSPS) is 12.4. The van der Waals surface area contributed by atoms with Crippen LogP contribution in [0.1, 0.15) is 24.9 Å². The molecular formula is C16H26N2O3. The molecule has 1 atom stereocenters. The van der Waals surface area contributed by atoms with Crippen molar-refractivity contribution in [2.45, 2.75) is 19.4 Å². The number of nitrogens with one attached hydrogen (secondary N) is 1. The third kappa shape index (κ3) is 4.65. The molecule has 0 saturated heterocycles. The van der Waals surface area contributed by atoms with Gasteiger partial charge in [-0.25, -0.2) is 0 Å². The number of hydrogen-bond donors (Lipinski definition) is 2. The summed E-state index contributed by atoms with van der Waals surface area (Å²) >= 11 is 0. The van der Waals surface area contributed by atoms with Crippen molar-refractivity contribution < 1.29 is 14.2 Å². The van der Waals surface area contributed by atoms with Crippen molar-refractivity contribution in [3.8, 4) is 17.2 Å². The molecular weight excluding hydrogens is 268 g/mol. The van der Waals surface area contributed by atoms with Crippen LogP contribution in [0.4, 0.5) is 0 Å².